The summed E-state index contributed by atoms with van der Waals surface area (Å²) in [6.45, 7) is 0.497. The van der Waals surface area contributed by atoms with Crippen molar-refractivity contribution in [3.05, 3.63) is 22.7 Å². The van der Waals surface area contributed by atoms with Crippen LogP contribution in [0.4, 0.5) is 0 Å². The summed E-state index contributed by atoms with van der Waals surface area (Å²) < 4.78 is 32.7. The van der Waals surface area contributed by atoms with E-state index in [-0.39, 0.29) is 4.90 Å². The molecule has 0 saturated carbocycles. The van der Waals surface area contributed by atoms with Crippen LogP contribution < -0.4 is 9.46 Å². The number of rotatable bonds is 5. The molecule has 106 valence electrons. The van der Waals surface area contributed by atoms with Crippen molar-refractivity contribution in [2.24, 2.45) is 0 Å². The Balaban J connectivity index is 2.08. The number of nitrogens with one attached hydrogen (secondary N) is 1. The van der Waals surface area contributed by atoms with Gasteiger partial charge in [-0.15, -0.1) is 0 Å². The van der Waals surface area contributed by atoms with Crippen LogP contribution >= 0.6 is 27.7 Å². The third-order valence-corrected chi connectivity index (χ3v) is 6.40. The van der Waals surface area contributed by atoms with Gasteiger partial charge in [0.15, 0.2) is 0 Å². The van der Waals surface area contributed by atoms with Crippen LogP contribution in [0.25, 0.3) is 0 Å². The van der Waals surface area contributed by atoms with Gasteiger partial charge in [-0.2, -0.15) is 11.8 Å². The molecule has 2 rings (SSSR count). The normalized spacial score (nSPS) is 19.6. The zero-order valence-electron chi connectivity index (χ0n) is 10.6. The molecule has 7 heteroatoms. The lowest BCUT2D eigenvalue weighted by Gasteiger charge is -2.12. The molecule has 1 aromatic rings. The number of thioether (sulfide) groups is 1. The van der Waals surface area contributed by atoms with Crippen molar-refractivity contribution in [1.29, 1.82) is 0 Å². The van der Waals surface area contributed by atoms with Gasteiger partial charge in [0.1, 0.15) is 5.75 Å². The molecule has 1 heterocycles. The van der Waals surface area contributed by atoms with Crippen LogP contribution in [0.15, 0.2) is 27.6 Å². The molecule has 1 fully saturated rings. The van der Waals surface area contributed by atoms with Gasteiger partial charge in [0.25, 0.3) is 0 Å². The zero-order valence-corrected chi connectivity index (χ0v) is 13.8. The predicted octanol–water partition coefficient (Wildman–Crippen LogP) is 2.63. The lowest BCUT2D eigenvalue weighted by molar-refractivity contribution is 0.411. The first-order chi connectivity index (χ1) is 9.03. The number of sulfonamides is 1. The zero-order chi connectivity index (χ0) is 13.9. The van der Waals surface area contributed by atoms with Crippen LogP contribution in [0.2, 0.25) is 0 Å². The summed E-state index contributed by atoms with van der Waals surface area (Å²) in [6, 6.07) is 4.75. The summed E-state index contributed by atoms with van der Waals surface area (Å²) >= 11 is 5.13. The molecule has 1 aromatic carbocycles. The highest BCUT2D eigenvalue weighted by molar-refractivity contribution is 9.10. The van der Waals surface area contributed by atoms with Crippen molar-refractivity contribution in [2.75, 3.05) is 19.4 Å². The molecule has 0 amide bonds. The Kier molecular flexibility index (Phi) is 5.16. The lowest BCUT2D eigenvalue weighted by Crippen LogP contribution is -2.29. The summed E-state index contributed by atoms with van der Waals surface area (Å²) in [6.07, 6.45) is 2.25. The molecular weight excluding hydrogens is 350 g/mol. The number of hydrogen-bond acceptors (Lipinski definition) is 4. The van der Waals surface area contributed by atoms with Crippen LogP contribution in [0.5, 0.6) is 5.75 Å². The maximum atomic E-state index is 12.2. The number of benzene rings is 1. The van der Waals surface area contributed by atoms with Gasteiger partial charge in [-0.3, -0.25) is 0 Å². The summed E-state index contributed by atoms with van der Waals surface area (Å²) in [5.41, 5.74) is 0. The van der Waals surface area contributed by atoms with Crippen molar-refractivity contribution in [1.82, 2.24) is 4.72 Å². The van der Waals surface area contributed by atoms with Crippen molar-refractivity contribution >= 4 is 37.7 Å². The fourth-order valence-corrected chi connectivity index (χ4v) is 5.01. The second kappa shape index (κ2) is 6.47. The summed E-state index contributed by atoms with van der Waals surface area (Å²) in [5.74, 6) is 1.74. The first kappa shape index (κ1) is 15.2. The van der Waals surface area contributed by atoms with Crippen molar-refractivity contribution in [3.8, 4) is 5.75 Å². The number of ether oxygens (including phenoxy) is 1. The fourth-order valence-electron chi connectivity index (χ4n) is 1.91. The molecular formula is C12H16BrNO3S2. The molecule has 0 radical (unpaired) electrons. The van der Waals surface area contributed by atoms with E-state index in [4.69, 9.17) is 4.74 Å². The van der Waals surface area contributed by atoms with Gasteiger partial charge < -0.3 is 4.74 Å². The molecule has 1 unspecified atom stereocenters. The molecule has 0 aliphatic carbocycles. The largest absolute Gasteiger partial charge is 0.496 e. The first-order valence-electron chi connectivity index (χ1n) is 5.98. The van der Waals surface area contributed by atoms with Gasteiger partial charge in [-0.25, -0.2) is 13.1 Å². The second-order valence-electron chi connectivity index (χ2n) is 4.28. The molecule has 0 aromatic heterocycles. The SMILES string of the molecule is COc1ccc(S(=O)(=O)NCC2CCCS2)cc1Br. The average molecular weight is 366 g/mol. The van der Waals surface area contributed by atoms with Gasteiger partial charge in [-0.1, -0.05) is 0 Å². The average Bonchev–Trinajstić information content (AvgIpc) is 2.89. The maximum absolute atomic E-state index is 12.2. The van der Waals surface area contributed by atoms with Crippen LogP contribution in [0.1, 0.15) is 12.8 Å². The van der Waals surface area contributed by atoms with E-state index in [9.17, 15) is 8.42 Å². The quantitative estimate of drug-likeness (QED) is 0.871. The molecule has 1 aliphatic heterocycles. The fraction of sp³-hybridized carbons (Fsp3) is 0.500. The van der Waals surface area contributed by atoms with E-state index in [0.29, 0.717) is 22.0 Å². The monoisotopic (exact) mass is 365 g/mol. The highest BCUT2D eigenvalue weighted by Crippen LogP contribution is 2.28. The van der Waals surface area contributed by atoms with Crippen molar-refractivity contribution < 1.29 is 13.2 Å². The Labute approximate surface area is 126 Å². The number of hydrogen-bond donors (Lipinski definition) is 1. The van der Waals surface area contributed by atoms with Crippen LogP contribution in [0.3, 0.4) is 0 Å². The Bertz CT molecular complexity index is 542. The van der Waals surface area contributed by atoms with E-state index < -0.39 is 10.0 Å². The van der Waals surface area contributed by atoms with Gasteiger partial charge in [-0.05, 0) is 52.7 Å². The standard InChI is InChI=1S/C12H16BrNO3S2/c1-17-12-5-4-10(7-11(12)13)19(15,16)14-8-9-3-2-6-18-9/h4-5,7,9,14H,2-3,6,8H2,1H3. The van der Waals surface area contributed by atoms with Crippen molar-refractivity contribution in [2.45, 2.75) is 23.0 Å². The van der Waals surface area contributed by atoms with E-state index in [1.54, 1.807) is 25.3 Å². The molecule has 19 heavy (non-hydrogen) atoms. The predicted molar refractivity (Wildman–Crippen MR) is 81.4 cm³/mol. The molecule has 1 aliphatic rings. The Morgan fingerprint density at radius 1 is 1.53 bits per heavy atom. The van der Waals surface area contributed by atoms with E-state index in [2.05, 4.69) is 20.7 Å². The van der Waals surface area contributed by atoms with Crippen molar-refractivity contribution in [3.63, 3.8) is 0 Å². The van der Waals surface area contributed by atoms with Gasteiger partial charge in [0.05, 0.1) is 16.5 Å². The van der Waals surface area contributed by atoms with Crippen LogP contribution in [0, 0.1) is 0 Å². The van der Waals surface area contributed by atoms with Gasteiger partial charge in [0.2, 0.25) is 10.0 Å². The number of halogens is 1. The molecule has 4 nitrogen and oxygen atoms in total. The summed E-state index contributed by atoms with van der Waals surface area (Å²) in [5, 5.41) is 0.400. The van der Waals surface area contributed by atoms with E-state index in [1.807, 2.05) is 11.8 Å². The first-order valence-corrected chi connectivity index (χ1v) is 9.30. The Morgan fingerprint density at radius 2 is 2.32 bits per heavy atom. The van der Waals surface area contributed by atoms with Crippen LogP contribution in [-0.4, -0.2) is 33.1 Å². The highest BCUT2D eigenvalue weighted by atomic mass is 79.9. The van der Waals surface area contributed by atoms with Crippen LogP contribution in [-0.2, 0) is 10.0 Å². The third kappa shape index (κ3) is 3.87. The molecule has 0 bridgehead atoms. The topological polar surface area (TPSA) is 55.4 Å². The molecule has 1 saturated heterocycles. The minimum absolute atomic E-state index is 0.253. The second-order valence-corrected chi connectivity index (χ2v) is 8.31. The van der Waals surface area contributed by atoms with Gasteiger partial charge in [0, 0.05) is 11.8 Å². The molecule has 1 atom stereocenters. The Morgan fingerprint density at radius 3 is 2.89 bits per heavy atom. The summed E-state index contributed by atoms with van der Waals surface area (Å²) in [7, 11) is -1.90. The molecule has 1 N–H and O–H groups in total. The minimum atomic E-state index is -3.44. The molecule has 0 spiro atoms. The summed E-state index contributed by atoms with van der Waals surface area (Å²) in [4.78, 5) is 0.253. The van der Waals surface area contributed by atoms with E-state index in [0.717, 1.165) is 12.2 Å². The number of methoxy groups -OCH3 is 1. The smallest absolute Gasteiger partial charge is 0.240 e. The van der Waals surface area contributed by atoms with Gasteiger partial charge >= 0.3 is 0 Å². The van der Waals surface area contributed by atoms with E-state index >= 15 is 0 Å². The lowest BCUT2D eigenvalue weighted by atomic mass is 10.2. The highest BCUT2D eigenvalue weighted by Gasteiger charge is 2.20. The Hall–Kier alpha value is -0.240. The maximum Gasteiger partial charge on any atom is 0.240 e. The van der Waals surface area contributed by atoms with E-state index in [1.165, 1.54) is 6.42 Å². The third-order valence-electron chi connectivity index (χ3n) is 2.96. The minimum Gasteiger partial charge on any atom is -0.496 e.